The topological polar surface area (TPSA) is 61.7 Å². The van der Waals surface area contributed by atoms with E-state index in [4.69, 9.17) is 0 Å². The summed E-state index contributed by atoms with van der Waals surface area (Å²) in [5, 5.41) is 12.9. The predicted molar refractivity (Wildman–Crippen MR) is 90.9 cm³/mol. The number of rotatable bonds is 4. The second kappa shape index (κ2) is 6.75. The van der Waals surface area contributed by atoms with Crippen LogP contribution < -0.4 is 5.32 Å². The van der Waals surface area contributed by atoms with Crippen molar-refractivity contribution in [1.82, 2.24) is 5.32 Å². The van der Waals surface area contributed by atoms with E-state index >= 15 is 0 Å². The third-order valence-electron chi connectivity index (χ3n) is 3.45. The lowest BCUT2D eigenvalue weighted by Gasteiger charge is -1.99. The molecule has 0 radical (unpaired) electrons. The van der Waals surface area contributed by atoms with Crippen LogP contribution in [-0.2, 0) is 11.3 Å². The van der Waals surface area contributed by atoms with Crippen molar-refractivity contribution in [2.75, 3.05) is 0 Å². The quantitative estimate of drug-likeness (QED) is 0.852. The van der Waals surface area contributed by atoms with Crippen LogP contribution in [0.4, 0.5) is 0 Å². The first-order valence-corrected chi connectivity index (χ1v) is 7.29. The first-order chi connectivity index (χ1) is 11.2. The monoisotopic (exact) mass is 304 g/mol. The summed E-state index contributed by atoms with van der Waals surface area (Å²) >= 11 is 0. The molecule has 2 N–H and O–H groups in total. The van der Waals surface area contributed by atoms with Gasteiger partial charge in [-0.15, -0.1) is 0 Å². The van der Waals surface area contributed by atoms with Crippen LogP contribution in [0.3, 0.4) is 0 Å². The Kier molecular flexibility index (Phi) is 4.34. The molecule has 1 aliphatic heterocycles. The Labute approximate surface area is 134 Å². The summed E-state index contributed by atoms with van der Waals surface area (Å²) in [4.78, 5) is 16.2. The van der Waals surface area contributed by atoms with Gasteiger partial charge in [0.25, 0.3) is 5.91 Å². The first-order valence-electron chi connectivity index (χ1n) is 7.29. The molecule has 0 aliphatic carbocycles. The Bertz CT molecular complexity index is 791. The van der Waals surface area contributed by atoms with Crippen LogP contribution in [0.1, 0.15) is 11.1 Å². The highest BCUT2D eigenvalue weighted by Gasteiger charge is 2.25. The number of aliphatic imine (C=N–C) groups is 1. The number of benzene rings is 2. The number of amides is 1. The minimum atomic E-state index is -0.346. The van der Waals surface area contributed by atoms with Gasteiger partial charge < -0.3 is 10.4 Å². The summed E-state index contributed by atoms with van der Waals surface area (Å²) in [6, 6.07) is 19.2. The smallest absolute Gasteiger partial charge is 0.261 e. The summed E-state index contributed by atoms with van der Waals surface area (Å²) in [6.45, 7) is 0.461. The van der Waals surface area contributed by atoms with Gasteiger partial charge in [0.2, 0.25) is 0 Å². The molecule has 0 bridgehead atoms. The maximum Gasteiger partial charge on any atom is 0.261 e. The molecule has 0 saturated carbocycles. The molecule has 2 aromatic rings. The average molecular weight is 304 g/mol. The Morgan fingerprint density at radius 3 is 2.35 bits per heavy atom. The molecule has 1 aliphatic rings. The lowest BCUT2D eigenvalue weighted by Crippen LogP contribution is -2.16. The zero-order valence-electron chi connectivity index (χ0n) is 12.4. The third-order valence-corrected chi connectivity index (χ3v) is 3.45. The Hall–Kier alpha value is -3.14. The van der Waals surface area contributed by atoms with E-state index < -0.39 is 0 Å². The molecule has 4 heteroatoms. The number of nitrogens with one attached hydrogen (secondary N) is 1. The van der Waals surface area contributed by atoms with Crippen LogP contribution in [0.25, 0.3) is 6.08 Å². The number of carbonyl (C=O) groups excluding carboxylic acids is 1. The number of carbonyl (C=O) groups is 1. The molecule has 1 amide bonds. The number of aliphatic hydroxyl groups excluding tert-OH is 1. The van der Waals surface area contributed by atoms with Crippen LogP contribution in [0.2, 0.25) is 0 Å². The van der Waals surface area contributed by atoms with Crippen LogP contribution in [0.15, 0.2) is 82.7 Å². The summed E-state index contributed by atoms with van der Waals surface area (Å²) in [5.41, 5.74) is 2.52. The highest BCUT2D eigenvalue weighted by molar-refractivity contribution is 6.16. The third kappa shape index (κ3) is 3.55. The normalized spacial score (nSPS) is 16.3. The van der Waals surface area contributed by atoms with Crippen molar-refractivity contribution in [3.63, 3.8) is 0 Å². The lowest BCUT2D eigenvalue weighted by atomic mass is 10.1. The van der Waals surface area contributed by atoms with Gasteiger partial charge >= 0.3 is 0 Å². The molecule has 1 heterocycles. The minimum absolute atomic E-state index is 0.0735. The Morgan fingerprint density at radius 1 is 1.00 bits per heavy atom. The molecular weight excluding hydrogens is 288 g/mol. The van der Waals surface area contributed by atoms with Crippen molar-refractivity contribution in [2.45, 2.75) is 6.54 Å². The van der Waals surface area contributed by atoms with Gasteiger partial charge in [0.1, 0.15) is 5.57 Å². The first kappa shape index (κ1) is 14.8. The van der Waals surface area contributed by atoms with E-state index in [1.165, 1.54) is 6.21 Å². The van der Waals surface area contributed by atoms with Crippen molar-refractivity contribution in [1.29, 1.82) is 0 Å². The SMILES string of the molecule is O=C1N/C(=C/c2ccccc2)C(O)=C1C=NCc1ccccc1. The molecule has 0 fully saturated rings. The molecular formula is C19H16N2O2. The van der Waals surface area contributed by atoms with Gasteiger partial charge in [0.15, 0.2) is 5.76 Å². The molecule has 3 rings (SSSR count). The van der Waals surface area contributed by atoms with Crippen molar-refractivity contribution in [3.05, 3.63) is 88.8 Å². The minimum Gasteiger partial charge on any atom is -0.505 e. The fraction of sp³-hybridized carbons (Fsp3) is 0.0526. The van der Waals surface area contributed by atoms with Gasteiger partial charge in [-0.3, -0.25) is 9.79 Å². The van der Waals surface area contributed by atoms with E-state index in [1.807, 2.05) is 60.7 Å². The molecule has 4 nitrogen and oxygen atoms in total. The fourth-order valence-electron chi connectivity index (χ4n) is 2.27. The van der Waals surface area contributed by atoms with Crippen LogP contribution >= 0.6 is 0 Å². The summed E-state index contributed by atoms with van der Waals surface area (Å²) in [7, 11) is 0. The van der Waals surface area contributed by atoms with Crippen LogP contribution in [-0.4, -0.2) is 17.2 Å². The molecule has 0 aromatic heterocycles. The fourth-order valence-corrected chi connectivity index (χ4v) is 2.27. The number of nitrogens with zero attached hydrogens (tertiary/aromatic N) is 1. The van der Waals surface area contributed by atoms with Crippen molar-refractivity contribution < 1.29 is 9.90 Å². The second-order valence-corrected chi connectivity index (χ2v) is 5.14. The molecule has 114 valence electrons. The zero-order chi connectivity index (χ0) is 16.1. The molecule has 2 aromatic carbocycles. The predicted octanol–water partition coefficient (Wildman–Crippen LogP) is 3.24. The van der Waals surface area contributed by atoms with Crippen molar-refractivity contribution in [2.24, 2.45) is 4.99 Å². The van der Waals surface area contributed by atoms with E-state index in [0.717, 1.165) is 11.1 Å². The van der Waals surface area contributed by atoms with E-state index in [-0.39, 0.29) is 17.2 Å². The van der Waals surface area contributed by atoms with Crippen LogP contribution in [0.5, 0.6) is 0 Å². The largest absolute Gasteiger partial charge is 0.505 e. The molecule has 0 unspecified atom stereocenters. The Morgan fingerprint density at radius 2 is 1.65 bits per heavy atom. The van der Waals surface area contributed by atoms with Gasteiger partial charge in [0.05, 0.1) is 12.2 Å². The van der Waals surface area contributed by atoms with Gasteiger partial charge in [0, 0.05) is 6.21 Å². The highest BCUT2D eigenvalue weighted by atomic mass is 16.3. The van der Waals surface area contributed by atoms with Gasteiger partial charge in [-0.25, -0.2) is 0 Å². The van der Waals surface area contributed by atoms with Gasteiger partial charge in [-0.1, -0.05) is 60.7 Å². The van der Waals surface area contributed by atoms with Crippen LogP contribution in [0, 0.1) is 0 Å². The van der Waals surface area contributed by atoms with E-state index in [0.29, 0.717) is 12.2 Å². The standard InChI is InChI=1S/C19H16N2O2/c22-18-16(13-20-12-15-9-5-2-6-10-15)19(23)21-17(18)11-14-7-3-1-4-8-14/h1-11,13,22H,12H2,(H,21,23)/b17-11+,20-13?. The lowest BCUT2D eigenvalue weighted by molar-refractivity contribution is -0.115. The number of hydrogen-bond acceptors (Lipinski definition) is 3. The molecule has 0 atom stereocenters. The number of aliphatic hydroxyl groups is 1. The second-order valence-electron chi connectivity index (χ2n) is 5.14. The number of hydrogen-bond donors (Lipinski definition) is 2. The summed E-state index contributed by atoms with van der Waals surface area (Å²) < 4.78 is 0. The zero-order valence-corrected chi connectivity index (χ0v) is 12.4. The highest BCUT2D eigenvalue weighted by Crippen LogP contribution is 2.19. The van der Waals surface area contributed by atoms with E-state index in [2.05, 4.69) is 10.3 Å². The van der Waals surface area contributed by atoms with Gasteiger partial charge in [-0.05, 0) is 17.2 Å². The van der Waals surface area contributed by atoms with Gasteiger partial charge in [-0.2, -0.15) is 0 Å². The average Bonchev–Trinajstić information content (AvgIpc) is 2.84. The summed E-state index contributed by atoms with van der Waals surface area (Å²) in [5.74, 6) is -0.419. The van der Waals surface area contributed by atoms with Crippen molar-refractivity contribution in [3.8, 4) is 0 Å². The van der Waals surface area contributed by atoms with Crippen molar-refractivity contribution >= 4 is 18.2 Å². The molecule has 0 saturated heterocycles. The van der Waals surface area contributed by atoms with E-state index in [1.54, 1.807) is 6.08 Å². The maximum atomic E-state index is 12.0. The Balaban J connectivity index is 1.78. The molecule has 23 heavy (non-hydrogen) atoms. The maximum absolute atomic E-state index is 12.0. The van der Waals surface area contributed by atoms with E-state index in [9.17, 15) is 9.90 Å². The summed E-state index contributed by atoms with van der Waals surface area (Å²) in [6.07, 6.45) is 3.15. The molecule has 0 spiro atoms.